The van der Waals surface area contributed by atoms with Gasteiger partial charge in [-0.05, 0) is 49.3 Å². The van der Waals surface area contributed by atoms with Crippen molar-refractivity contribution in [3.8, 4) is 0 Å². The molecule has 0 amide bonds. The molecular weight excluding hydrogens is 232 g/mol. The topological polar surface area (TPSA) is 38.9 Å². The Hall–Kier alpha value is -1.41. The summed E-state index contributed by atoms with van der Waals surface area (Å²) in [4.78, 5) is 4.44. The van der Waals surface area contributed by atoms with Gasteiger partial charge in [-0.15, -0.1) is 0 Å². The van der Waals surface area contributed by atoms with Crippen molar-refractivity contribution in [2.24, 2.45) is 11.7 Å². The first kappa shape index (κ1) is 12.6. The van der Waals surface area contributed by atoms with Crippen LogP contribution in [0.25, 0.3) is 10.9 Å². The number of pyridine rings is 1. The van der Waals surface area contributed by atoms with Crippen molar-refractivity contribution in [2.75, 3.05) is 0 Å². The molecule has 2 heteroatoms. The molecule has 2 nitrogen and oxygen atoms in total. The molecule has 2 aromatic rings. The highest BCUT2D eigenvalue weighted by Crippen LogP contribution is 2.40. The van der Waals surface area contributed by atoms with E-state index in [0.717, 1.165) is 24.3 Å². The van der Waals surface area contributed by atoms with E-state index in [4.69, 9.17) is 5.73 Å². The van der Waals surface area contributed by atoms with E-state index >= 15 is 0 Å². The molecule has 0 saturated heterocycles. The van der Waals surface area contributed by atoms with Gasteiger partial charge in [0.25, 0.3) is 0 Å². The molecule has 3 rings (SSSR count). The lowest BCUT2D eigenvalue weighted by molar-refractivity contribution is 0.233. The summed E-state index contributed by atoms with van der Waals surface area (Å²) < 4.78 is 0. The van der Waals surface area contributed by atoms with E-state index in [1.54, 1.807) is 0 Å². The molecule has 0 bridgehead atoms. The van der Waals surface area contributed by atoms with Gasteiger partial charge < -0.3 is 5.73 Å². The second kappa shape index (κ2) is 4.93. The minimum Gasteiger partial charge on any atom is -0.321 e. The zero-order valence-corrected chi connectivity index (χ0v) is 11.6. The number of rotatable bonds is 2. The van der Waals surface area contributed by atoms with E-state index in [0.29, 0.717) is 0 Å². The lowest BCUT2D eigenvalue weighted by Crippen LogP contribution is -2.40. The third-order valence-corrected chi connectivity index (χ3v) is 4.76. The van der Waals surface area contributed by atoms with Crippen molar-refractivity contribution in [3.05, 3.63) is 42.1 Å². The Labute approximate surface area is 115 Å². The molecule has 1 heterocycles. The Morgan fingerprint density at radius 1 is 1.21 bits per heavy atom. The molecule has 1 fully saturated rings. The van der Waals surface area contributed by atoms with Gasteiger partial charge in [-0.3, -0.25) is 4.98 Å². The third kappa shape index (κ3) is 2.25. The Morgan fingerprint density at radius 2 is 2.00 bits per heavy atom. The largest absolute Gasteiger partial charge is 0.321 e. The minimum absolute atomic E-state index is 0.159. The Balaban J connectivity index is 2.00. The van der Waals surface area contributed by atoms with Gasteiger partial charge in [-0.25, -0.2) is 0 Å². The van der Waals surface area contributed by atoms with Gasteiger partial charge in [-0.2, -0.15) is 0 Å². The van der Waals surface area contributed by atoms with Gasteiger partial charge in [0.15, 0.2) is 0 Å². The zero-order chi connectivity index (χ0) is 13.3. The number of nitrogens with zero attached hydrogens (tertiary/aromatic N) is 1. The van der Waals surface area contributed by atoms with Crippen LogP contribution in [0.1, 0.15) is 44.6 Å². The first-order valence-corrected chi connectivity index (χ1v) is 7.36. The molecule has 19 heavy (non-hydrogen) atoms. The maximum atomic E-state index is 6.74. The number of hydrogen-bond acceptors (Lipinski definition) is 2. The molecule has 0 aliphatic heterocycles. The van der Waals surface area contributed by atoms with Crippen molar-refractivity contribution >= 4 is 10.9 Å². The monoisotopic (exact) mass is 254 g/mol. The van der Waals surface area contributed by atoms with E-state index in [2.05, 4.69) is 36.2 Å². The summed E-state index contributed by atoms with van der Waals surface area (Å²) in [5.41, 5.74) is 8.92. The van der Waals surface area contributed by atoms with Crippen molar-refractivity contribution in [1.82, 2.24) is 4.98 Å². The van der Waals surface area contributed by atoms with E-state index in [1.807, 2.05) is 12.3 Å². The van der Waals surface area contributed by atoms with Gasteiger partial charge in [0.2, 0.25) is 0 Å². The van der Waals surface area contributed by atoms with Crippen LogP contribution in [0.5, 0.6) is 0 Å². The Morgan fingerprint density at radius 3 is 2.74 bits per heavy atom. The summed E-state index contributed by atoms with van der Waals surface area (Å²) in [6, 6.07) is 10.5. The van der Waals surface area contributed by atoms with Crippen LogP contribution in [0.3, 0.4) is 0 Å². The minimum atomic E-state index is -0.159. The van der Waals surface area contributed by atoms with Crippen LogP contribution in [-0.4, -0.2) is 4.98 Å². The van der Waals surface area contributed by atoms with Crippen LogP contribution >= 0.6 is 0 Å². The fourth-order valence-corrected chi connectivity index (χ4v) is 3.41. The fourth-order valence-electron chi connectivity index (χ4n) is 3.41. The van der Waals surface area contributed by atoms with E-state index in [-0.39, 0.29) is 5.54 Å². The molecule has 0 unspecified atom stereocenters. The van der Waals surface area contributed by atoms with Gasteiger partial charge in [-0.1, -0.05) is 31.5 Å². The van der Waals surface area contributed by atoms with Gasteiger partial charge >= 0.3 is 0 Å². The second-order valence-electron chi connectivity index (χ2n) is 5.88. The SMILES string of the molecule is CCC1CCC(N)(c2cccc3ncccc23)CC1. The quantitative estimate of drug-likeness (QED) is 0.880. The van der Waals surface area contributed by atoms with E-state index in [9.17, 15) is 0 Å². The van der Waals surface area contributed by atoms with Crippen molar-refractivity contribution < 1.29 is 0 Å². The van der Waals surface area contributed by atoms with Crippen LogP contribution in [0.15, 0.2) is 36.5 Å². The molecule has 1 saturated carbocycles. The smallest absolute Gasteiger partial charge is 0.0705 e. The molecule has 100 valence electrons. The number of nitrogens with two attached hydrogens (primary N) is 1. The third-order valence-electron chi connectivity index (χ3n) is 4.76. The standard InChI is InChI=1S/C17H22N2/c1-2-13-8-10-17(18,11-9-13)15-6-3-7-16-14(15)5-4-12-19-16/h3-7,12-13H,2,8-11,18H2,1H3. The van der Waals surface area contributed by atoms with E-state index in [1.165, 1.54) is 30.2 Å². The lowest BCUT2D eigenvalue weighted by Gasteiger charge is -2.38. The highest BCUT2D eigenvalue weighted by Gasteiger charge is 2.33. The first-order chi connectivity index (χ1) is 9.23. The lowest BCUT2D eigenvalue weighted by atomic mass is 9.72. The normalized spacial score (nSPS) is 27.6. The molecular formula is C17H22N2. The maximum Gasteiger partial charge on any atom is 0.0705 e. The summed E-state index contributed by atoms with van der Waals surface area (Å²) in [6.45, 7) is 2.29. The molecule has 1 aliphatic carbocycles. The van der Waals surface area contributed by atoms with Gasteiger partial charge in [0.1, 0.15) is 0 Å². The molecule has 0 spiro atoms. The highest BCUT2D eigenvalue weighted by molar-refractivity contribution is 5.83. The van der Waals surface area contributed by atoms with Crippen molar-refractivity contribution in [1.29, 1.82) is 0 Å². The Bertz CT molecular complexity index is 563. The summed E-state index contributed by atoms with van der Waals surface area (Å²) in [7, 11) is 0. The predicted octanol–water partition coefficient (Wildman–Crippen LogP) is 3.99. The predicted molar refractivity (Wildman–Crippen MR) is 79.9 cm³/mol. The fraction of sp³-hybridized carbons (Fsp3) is 0.471. The van der Waals surface area contributed by atoms with Crippen LogP contribution < -0.4 is 5.73 Å². The van der Waals surface area contributed by atoms with Crippen LogP contribution in [0.2, 0.25) is 0 Å². The number of benzene rings is 1. The average Bonchev–Trinajstić information content (AvgIpc) is 2.47. The van der Waals surface area contributed by atoms with E-state index < -0.39 is 0 Å². The summed E-state index contributed by atoms with van der Waals surface area (Å²) in [6.07, 6.45) is 7.84. The molecule has 0 radical (unpaired) electrons. The van der Waals surface area contributed by atoms with Gasteiger partial charge in [0.05, 0.1) is 5.52 Å². The molecule has 0 atom stereocenters. The maximum absolute atomic E-state index is 6.74. The molecule has 1 aromatic heterocycles. The zero-order valence-electron chi connectivity index (χ0n) is 11.6. The second-order valence-corrected chi connectivity index (χ2v) is 5.88. The Kier molecular flexibility index (Phi) is 3.28. The van der Waals surface area contributed by atoms with Crippen LogP contribution in [-0.2, 0) is 5.54 Å². The number of hydrogen-bond donors (Lipinski definition) is 1. The van der Waals surface area contributed by atoms with Crippen molar-refractivity contribution in [2.45, 2.75) is 44.6 Å². The summed E-state index contributed by atoms with van der Waals surface area (Å²) >= 11 is 0. The highest BCUT2D eigenvalue weighted by atomic mass is 14.8. The summed E-state index contributed by atoms with van der Waals surface area (Å²) in [5, 5.41) is 1.22. The average molecular weight is 254 g/mol. The molecule has 2 N–H and O–H groups in total. The number of fused-ring (bicyclic) bond motifs is 1. The first-order valence-electron chi connectivity index (χ1n) is 7.36. The molecule has 1 aliphatic rings. The van der Waals surface area contributed by atoms with Crippen LogP contribution in [0, 0.1) is 5.92 Å². The summed E-state index contributed by atoms with van der Waals surface area (Å²) in [5.74, 6) is 0.866. The number of aromatic nitrogens is 1. The van der Waals surface area contributed by atoms with Crippen molar-refractivity contribution in [3.63, 3.8) is 0 Å². The molecule has 1 aromatic carbocycles. The van der Waals surface area contributed by atoms with Crippen LogP contribution in [0.4, 0.5) is 0 Å². The van der Waals surface area contributed by atoms with Gasteiger partial charge in [0, 0.05) is 17.1 Å².